The molecule has 2 saturated heterocycles. The Kier molecular flexibility index (Phi) is 5.23. The van der Waals surface area contributed by atoms with Gasteiger partial charge in [0.2, 0.25) is 0 Å². The maximum absolute atomic E-state index is 11.1. The van der Waals surface area contributed by atoms with Crippen molar-refractivity contribution in [3.8, 4) is 0 Å². The predicted molar refractivity (Wildman–Crippen MR) is 98.2 cm³/mol. The predicted octanol–water partition coefficient (Wildman–Crippen LogP) is 3.21. The molecule has 1 saturated carbocycles. The lowest BCUT2D eigenvalue weighted by atomic mass is 9.86. The number of aliphatic hydroxyl groups is 1. The third-order valence-corrected chi connectivity index (χ3v) is 7.09. The van der Waals surface area contributed by atoms with Gasteiger partial charge >= 0.3 is 0 Å². The topological polar surface area (TPSA) is 39.6 Å². The Morgan fingerprint density at radius 1 is 1.04 bits per heavy atom. The van der Waals surface area contributed by atoms with E-state index in [1.807, 2.05) is 0 Å². The SMILES string of the molecule is OC1(c2csc(CN3CCC3)n2)CCN(CC2CCCCC2)CC1. The molecule has 3 aliphatic rings. The van der Waals surface area contributed by atoms with Gasteiger partial charge in [-0.15, -0.1) is 11.3 Å². The van der Waals surface area contributed by atoms with Crippen molar-refractivity contribution in [2.24, 2.45) is 5.92 Å². The van der Waals surface area contributed by atoms with Gasteiger partial charge < -0.3 is 10.0 Å². The molecule has 0 unspecified atom stereocenters. The molecular formula is C19H31N3OS. The summed E-state index contributed by atoms with van der Waals surface area (Å²) in [5.74, 6) is 0.896. The summed E-state index contributed by atoms with van der Waals surface area (Å²) in [5.41, 5.74) is 0.243. The normalized spacial score (nSPS) is 26.4. The summed E-state index contributed by atoms with van der Waals surface area (Å²) < 4.78 is 0. The number of rotatable bonds is 5. The van der Waals surface area contributed by atoms with Gasteiger partial charge in [0.05, 0.1) is 12.2 Å². The lowest BCUT2D eigenvalue weighted by molar-refractivity contribution is -0.0327. The van der Waals surface area contributed by atoms with Crippen LogP contribution in [0.15, 0.2) is 5.38 Å². The molecule has 4 rings (SSSR count). The number of thiazole rings is 1. The Morgan fingerprint density at radius 3 is 2.46 bits per heavy atom. The third-order valence-electron chi connectivity index (χ3n) is 6.26. The summed E-state index contributed by atoms with van der Waals surface area (Å²) in [4.78, 5) is 9.79. The molecule has 3 fully saturated rings. The van der Waals surface area contributed by atoms with Crippen molar-refractivity contribution in [1.29, 1.82) is 0 Å². The largest absolute Gasteiger partial charge is 0.383 e. The quantitative estimate of drug-likeness (QED) is 0.886. The van der Waals surface area contributed by atoms with Gasteiger partial charge in [-0.25, -0.2) is 4.98 Å². The second-order valence-electron chi connectivity index (χ2n) is 8.09. The Balaban J connectivity index is 1.30. The molecule has 2 aliphatic heterocycles. The number of aromatic nitrogens is 1. The zero-order chi connectivity index (χ0) is 16.4. The van der Waals surface area contributed by atoms with E-state index in [4.69, 9.17) is 4.98 Å². The molecule has 1 aliphatic carbocycles. The molecule has 0 bridgehead atoms. The van der Waals surface area contributed by atoms with Crippen molar-refractivity contribution in [3.05, 3.63) is 16.1 Å². The van der Waals surface area contributed by atoms with Crippen molar-refractivity contribution in [2.45, 2.75) is 63.5 Å². The van der Waals surface area contributed by atoms with E-state index in [0.29, 0.717) is 0 Å². The molecular weight excluding hydrogens is 318 g/mol. The van der Waals surface area contributed by atoms with Crippen molar-refractivity contribution in [1.82, 2.24) is 14.8 Å². The summed E-state index contributed by atoms with van der Waals surface area (Å²) in [5, 5.41) is 14.4. The fraction of sp³-hybridized carbons (Fsp3) is 0.842. The third kappa shape index (κ3) is 3.85. The minimum atomic E-state index is -0.688. The molecule has 24 heavy (non-hydrogen) atoms. The lowest BCUT2D eigenvalue weighted by Gasteiger charge is -2.39. The van der Waals surface area contributed by atoms with Crippen molar-refractivity contribution >= 4 is 11.3 Å². The van der Waals surface area contributed by atoms with Crippen LogP contribution in [0.5, 0.6) is 0 Å². The molecule has 1 N–H and O–H groups in total. The average molecular weight is 350 g/mol. The molecule has 1 aromatic heterocycles. The van der Waals surface area contributed by atoms with Gasteiger partial charge in [-0.05, 0) is 51.1 Å². The van der Waals surface area contributed by atoms with Crippen LogP contribution < -0.4 is 0 Å². The van der Waals surface area contributed by atoms with E-state index >= 15 is 0 Å². The first-order valence-electron chi connectivity index (χ1n) is 9.83. The maximum Gasteiger partial charge on any atom is 0.110 e. The lowest BCUT2D eigenvalue weighted by Crippen LogP contribution is -2.44. The highest BCUT2D eigenvalue weighted by Gasteiger charge is 2.36. The first-order valence-corrected chi connectivity index (χ1v) is 10.7. The monoisotopic (exact) mass is 349 g/mol. The summed E-state index contributed by atoms with van der Waals surface area (Å²) in [6.45, 7) is 6.66. The van der Waals surface area contributed by atoms with E-state index in [-0.39, 0.29) is 0 Å². The Labute approximate surface area is 149 Å². The highest BCUT2D eigenvalue weighted by molar-refractivity contribution is 7.09. The molecule has 1 aromatic rings. The van der Waals surface area contributed by atoms with Crippen molar-refractivity contribution < 1.29 is 5.11 Å². The minimum absolute atomic E-state index is 0.688. The van der Waals surface area contributed by atoms with Crippen LogP contribution >= 0.6 is 11.3 Å². The standard InChI is InChI=1S/C19H31N3OS/c23-19(17-15-24-18(20-17)14-21-9-4-10-21)7-11-22(12-8-19)13-16-5-2-1-3-6-16/h15-16,23H,1-14H2. The summed E-state index contributed by atoms with van der Waals surface area (Å²) in [7, 11) is 0. The molecule has 0 amide bonds. The smallest absolute Gasteiger partial charge is 0.110 e. The number of likely N-dealkylation sites (tertiary alicyclic amines) is 2. The van der Waals surface area contributed by atoms with E-state index in [0.717, 1.165) is 44.1 Å². The molecule has 0 spiro atoms. The van der Waals surface area contributed by atoms with Crippen LogP contribution in [-0.4, -0.2) is 52.6 Å². The second kappa shape index (κ2) is 7.40. The Hall–Kier alpha value is -0.490. The van der Waals surface area contributed by atoms with Crippen LogP contribution in [0.2, 0.25) is 0 Å². The first-order chi connectivity index (χ1) is 11.7. The van der Waals surface area contributed by atoms with Crippen LogP contribution in [0, 0.1) is 5.92 Å². The van der Waals surface area contributed by atoms with Crippen LogP contribution in [0.4, 0.5) is 0 Å². The van der Waals surface area contributed by atoms with Crippen LogP contribution in [0.25, 0.3) is 0 Å². The van der Waals surface area contributed by atoms with Gasteiger partial charge in [-0.3, -0.25) is 4.90 Å². The molecule has 4 nitrogen and oxygen atoms in total. The van der Waals surface area contributed by atoms with Gasteiger partial charge in [0.15, 0.2) is 0 Å². The summed E-state index contributed by atoms with van der Waals surface area (Å²) in [6, 6.07) is 0. The van der Waals surface area contributed by atoms with Crippen LogP contribution in [0.1, 0.15) is 62.1 Å². The van der Waals surface area contributed by atoms with Crippen molar-refractivity contribution in [3.63, 3.8) is 0 Å². The summed E-state index contributed by atoms with van der Waals surface area (Å²) in [6.07, 6.45) is 10.1. The second-order valence-corrected chi connectivity index (χ2v) is 9.04. The van der Waals surface area contributed by atoms with E-state index in [1.165, 1.54) is 63.2 Å². The van der Waals surface area contributed by atoms with Crippen molar-refractivity contribution in [2.75, 3.05) is 32.7 Å². The molecule has 0 radical (unpaired) electrons. The Morgan fingerprint density at radius 2 is 1.79 bits per heavy atom. The van der Waals surface area contributed by atoms with Gasteiger partial charge in [-0.1, -0.05) is 19.3 Å². The molecule has 0 aromatic carbocycles. The molecule has 0 atom stereocenters. The number of hydrogen-bond donors (Lipinski definition) is 1. The van der Waals surface area contributed by atoms with Crippen LogP contribution in [0.3, 0.4) is 0 Å². The van der Waals surface area contributed by atoms with Crippen LogP contribution in [-0.2, 0) is 12.1 Å². The number of hydrogen-bond acceptors (Lipinski definition) is 5. The number of piperidine rings is 1. The number of nitrogens with zero attached hydrogens (tertiary/aromatic N) is 3. The van der Waals surface area contributed by atoms with E-state index < -0.39 is 5.60 Å². The van der Waals surface area contributed by atoms with E-state index in [9.17, 15) is 5.11 Å². The fourth-order valence-electron chi connectivity index (χ4n) is 4.42. The average Bonchev–Trinajstić information content (AvgIpc) is 3.04. The fourth-order valence-corrected chi connectivity index (χ4v) is 5.35. The van der Waals surface area contributed by atoms with Gasteiger partial charge in [-0.2, -0.15) is 0 Å². The molecule has 134 valence electrons. The molecule has 3 heterocycles. The zero-order valence-electron chi connectivity index (χ0n) is 14.8. The van der Waals surface area contributed by atoms with Gasteiger partial charge in [0.1, 0.15) is 10.6 Å². The highest BCUT2D eigenvalue weighted by Crippen LogP contribution is 2.35. The van der Waals surface area contributed by atoms with E-state index in [1.54, 1.807) is 11.3 Å². The summed E-state index contributed by atoms with van der Waals surface area (Å²) >= 11 is 1.72. The molecule has 5 heteroatoms. The minimum Gasteiger partial charge on any atom is -0.383 e. The Bertz CT molecular complexity index is 528. The van der Waals surface area contributed by atoms with E-state index in [2.05, 4.69) is 15.2 Å². The maximum atomic E-state index is 11.1. The van der Waals surface area contributed by atoms with Gasteiger partial charge in [0.25, 0.3) is 0 Å². The first kappa shape index (κ1) is 17.0. The zero-order valence-corrected chi connectivity index (χ0v) is 15.6. The highest BCUT2D eigenvalue weighted by atomic mass is 32.1. The van der Waals surface area contributed by atoms with Gasteiger partial charge in [0, 0.05) is 25.0 Å².